The maximum absolute atomic E-state index is 11.2. The van der Waals surface area contributed by atoms with Crippen LogP contribution in [-0.4, -0.2) is 42.4 Å². The predicted molar refractivity (Wildman–Crippen MR) is 71.0 cm³/mol. The molecule has 2 heterocycles. The molecular formula is C14H20N2O3. The summed E-state index contributed by atoms with van der Waals surface area (Å²) in [5, 5.41) is 12.5. The summed E-state index contributed by atoms with van der Waals surface area (Å²) in [4.78, 5) is 15.2. The lowest BCUT2D eigenvalue weighted by Crippen LogP contribution is -2.56. The van der Waals surface area contributed by atoms with Crippen molar-refractivity contribution in [2.45, 2.75) is 19.3 Å². The Kier molecular flexibility index (Phi) is 3.87. The number of carboxylic acids is 1. The quantitative estimate of drug-likeness (QED) is 0.803. The lowest BCUT2D eigenvalue weighted by molar-refractivity contribution is -0.178. The first-order valence-corrected chi connectivity index (χ1v) is 6.39. The third kappa shape index (κ3) is 2.93. The highest BCUT2D eigenvalue weighted by Crippen LogP contribution is 2.27. The molecule has 0 atom stereocenters. The Balaban J connectivity index is 1.90. The summed E-state index contributed by atoms with van der Waals surface area (Å²) < 4.78 is 5.04. The van der Waals surface area contributed by atoms with Gasteiger partial charge >= 0.3 is 5.97 Å². The zero-order chi connectivity index (χ0) is 13.9. The zero-order valence-corrected chi connectivity index (χ0v) is 11.3. The summed E-state index contributed by atoms with van der Waals surface area (Å²) in [5.74, 6) is -0.784. The number of hydrogen-bond donors (Lipinski definition) is 2. The van der Waals surface area contributed by atoms with Gasteiger partial charge in [0.1, 0.15) is 5.41 Å². The molecule has 1 aliphatic heterocycles. The lowest BCUT2D eigenvalue weighted by Gasteiger charge is -2.38. The fourth-order valence-electron chi connectivity index (χ4n) is 2.17. The van der Waals surface area contributed by atoms with E-state index in [1.165, 1.54) is 5.56 Å². The second-order valence-corrected chi connectivity index (χ2v) is 5.80. The van der Waals surface area contributed by atoms with Crippen LogP contribution in [0.1, 0.15) is 19.4 Å². The van der Waals surface area contributed by atoms with Gasteiger partial charge in [-0.05, 0) is 17.7 Å². The maximum Gasteiger partial charge on any atom is 0.315 e. The van der Waals surface area contributed by atoms with Crippen LogP contribution in [0.15, 0.2) is 24.5 Å². The molecule has 104 valence electrons. The zero-order valence-electron chi connectivity index (χ0n) is 11.3. The molecule has 2 N–H and O–H groups in total. The molecule has 1 aromatic heterocycles. The third-order valence-electron chi connectivity index (χ3n) is 3.70. The van der Waals surface area contributed by atoms with Crippen LogP contribution in [0, 0.1) is 5.41 Å². The van der Waals surface area contributed by atoms with Crippen LogP contribution < -0.4 is 5.32 Å². The SMILES string of the molecule is CC(C)(CNCC1(C(=O)O)COC1)c1ccncc1. The second-order valence-electron chi connectivity index (χ2n) is 5.80. The molecule has 0 unspecified atom stereocenters. The van der Waals surface area contributed by atoms with Crippen molar-refractivity contribution in [2.75, 3.05) is 26.3 Å². The standard InChI is InChI=1S/C14H20N2O3/c1-13(2,11-3-5-15-6-4-11)7-16-8-14(12(17)18)9-19-10-14/h3-6,16H,7-10H2,1-2H3,(H,17,18). The Bertz CT molecular complexity index is 441. The average molecular weight is 264 g/mol. The lowest BCUT2D eigenvalue weighted by atomic mass is 9.83. The van der Waals surface area contributed by atoms with Gasteiger partial charge in [0.05, 0.1) is 13.2 Å². The van der Waals surface area contributed by atoms with E-state index in [0.717, 1.165) is 0 Å². The molecule has 0 radical (unpaired) electrons. The molecule has 2 rings (SSSR count). The summed E-state index contributed by atoms with van der Waals surface area (Å²) in [6.45, 7) is 6.00. The first-order valence-electron chi connectivity index (χ1n) is 6.39. The van der Waals surface area contributed by atoms with E-state index in [9.17, 15) is 9.90 Å². The summed E-state index contributed by atoms with van der Waals surface area (Å²) in [6, 6.07) is 3.97. The van der Waals surface area contributed by atoms with Crippen LogP contribution in [0.3, 0.4) is 0 Å². The van der Waals surface area contributed by atoms with Gasteiger partial charge in [-0.25, -0.2) is 0 Å². The van der Waals surface area contributed by atoms with Gasteiger partial charge in [0.25, 0.3) is 0 Å². The monoisotopic (exact) mass is 264 g/mol. The molecule has 0 amide bonds. The summed E-state index contributed by atoms with van der Waals surface area (Å²) in [5.41, 5.74) is 0.380. The van der Waals surface area contributed by atoms with Crippen molar-refractivity contribution in [2.24, 2.45) is 5.41 Å². The van der Waals surface area contributed by atoms with E-state index in [1.807, 2.05) is 12.1 Å². The molecule has 0 spiro atoms. The number of rotatable bonds is 6. The fraction of sp³-hybridized carbons (Fsp3) is 0.571. The van der Waals surface area contributed by atoms with Gasteiger partial charge in [0.15, 0.2) is 0 Å². The molecule has 19 heavy (non-hydrogen) atoms. The van der Waals surface area contributed by atoms with Crippen LogP contribution in [0.2, 0.25) is 0 Å². The normalized spacial score (nSPS) is 17.8. The van der Waals surface area contributed by atoms with Gasteiger partial charge in [-0.3, -0.25) is 9.78 Å². The van der Waals surface area contributed by atoms with Crippen molar-refractivity contribution < 1.29 is 14.6 Å². The van der Waals surface area contributed by atoms with Crippen LogP contribution in [0.4, 0.5) is 0 Å². The number of aliphatic carboxylic acids is 1. The van der Waals surface area contributed by atoms with E-state index in [0.29, 0.717) is 26.3 Å². The average Bonchev–Trinajstić information content (AvgIpc) is 2.33. The molecule has 1 aliphatic rings. The first kappa shape index (κ1) is 14.0. The number of hydrogen-bond acceptors (Lipinski definition) is 4. The second kappa shape index (κ2) is 5.27. The molecule has 1 fully saturated rings. The summed E-state index contributed by atoms with van der Waals surface area (Å²) in [6.07, 6.45) is 3.55. The number of aromatic nitrogens is 1. The molecular weight excluding hydrogens is 244 g/mol. The van der Waals surface area contributed by atoms with Crippen LogP contribution in [0.25, 0.3) is 0 Å². The third-order valence-corrected chi connectivity index (χ3v) is 3.70. The number of carboxylic acid groups (broad SMARTS) is 1. The molecule has 1 saturated heterocycles. The molecule has 1 aromatic rings. The largest absolute Gasteiger partial charge is 0.481 e. The molecule has 0 aliphatic carbocycles. The first-order chi connectivity index (χ1) is 8.96. The predicted octanol–water partition coefficient (Wildman–Crippen LogP) is 1.05. The van der Waals surface area contributed by atoms with Crippen LogP contribution >= 0.6 is 0 Å². The molecule has 0 aromatic carbocycles. The molecule has 0 saturated carbocycles. The smallest absolute Gasteiger partial charge is 0.315 e. The number of ether oxygens (including phenoxy) is 1. The van der Waals surface area contributed by atoms with Gasteiger partial charge in [-0.2, -0.15) is 0 Å². The fourth-order valence-corrected chi connectivity index (χ4v) is 2.17. The topological polar surface area (TPSA) is 71.5 Å². The number of nitrogens with zero attached hydrogens (tertiary/aromatic N) is 1. The number of nitrogens with one attached hydrogen (secondary N) is 1. The van der Waals surface area contributed by atoms with Crippen molar-refractivity contribution in [3.63, 3.8) is 0 Å². The van der Waals surface area contributed by atoms with Gasteiger partial charge in [0.2, 0.25) is 0 Å². The van der Waals surface area contributed by atoms with Gasteiger partial charge in [-0.15, -0.1) is 0 Å². The number of carbonyl (C=O) groups is 1. The Hall–Kier alpha value is -1.46. The van der Waals surface area contributed by atoms with Crippen molar-refractivity contribution in [1.29, 1.82) is 0 Å². The van der Waals surface area contributed by atoms with Gasteiger partial charge in [-0.1, -0.05) is 13.8 Å². The summed E-state index contributed by atoms with van der Waals surface area (Å²) >= 11 is 0. The minimum atomic E-state index is -0.784. The van der Waals surface area contributed by atoms with Crippen LogP contribution in [-0.2, 0) is 14.9 Å². The Labute approximate surface area is 113 Å². The van der Waals surface area contributed by atoms with Crippen LogP contribution in [0.5, 0.6) is 0 Å². The van der Waals surface area contributed by atoms with Gasteiger partial charge in [0, 0.05) is 30.9 Å². The van der Waals surface area contributed by atoms with E-state index in [4.69, 9.17) is 4.74 Å². The Morgan fingerprint density at radius 3 is 2.58 bits per heavy atom. The van der Waals surface area contributed by atoms with E-state index in [-0.39, 0.29) is 5.41 Å². The van der Waals surface area contributed by atoms with Gasteiger partial charge < -0.3 is 15.2 Å². The van der Waals surface area contributed by atoms with Crippen molar-refractivity contribution >= 4 is 5.97 Å². The van der Waals surface area contributed by atoms with Crippen molar-refractivity contribution in [3.05, 3.63) is 30.1 Å². The number of pyridine rings is 1. The van der Waals surface area contributed by atoms with Crippen molar-refractivity contribution in [3.8, 4) is 0 Å². The van der Waals surface area contributed by atoms with E-state index in [1.54, 1.807) is 12.4 Å². The highest BCUT2D eigenvalue weighted by Gasteiger charge is 2.46. The van der Waals surface area contributed by atoms with Crippen molar-refractivity contribution in [1.82, 2.24) is 10.3 Å². The molecule has 5 nitrogen and oxygen atoms in total. The summed E-state index contributed by atoms with van der Waals surface area (Å²) in [7, 11) is 0. The maximum atomic E-state index is 11.2. The van der Waals surface area contributed by atoms with E-state index in [2.05, 4.69) is 24.1 Å². The highest BCUT2D eigenvalue weighted by atomic mass is 16.5. The highest BCUT2D eigenvalue weighted by molar-refractivity contribution is 5.76. The van der Waals surface area contributed by atoms with E-state index >= 15 is 0 Å². The Morgan fingerprint density at radius 2 is 2.11 bits per heavy atom. The Morgan fingerprint density at radius 1 is 1.47 bits per heavy atom. The molecule has 0 bridgehead atoms. The minimum absolute atomic E-state index is 0.0623. The molecule has 5 heteroatoms. The van der Waals surface area contributed by atoms with E-state index < -0.39 is 11.4 Å². The minimum Gasteiger partial charge on any atom is -0.481 e.